The van der Waals surface area contributed by atoms with Crippen molar-refractivity contribution in [3.63, 3.8) is 0 Å². The molecule has 0 aromatic carbocycles. The fourth-order valence-electron chi connectivity index (χ4n) is 4.19. The van der Waals surface area contributed by atoms with E-state index in [9.17, 15) is 4.79 Å². The second kappa shape index (κ2) is 5.76. The van der Waals surface area contributed by atoms with Crippen molar-refractivity contribution in [1.82, 2.24) is 14.8 Å². The number of aromatic nitrogens is 1. The summed E-state index contributed by atoms with van der Waals surface area (Å²) in [7, 11) is 4.34. The lowest BCUT2D eigenvalue weighted by atomic mass is 9.91. The van der Waals surface area contributed by atoms with Crippen molar-refractivity contribution in [3.8, 4) is 0 Å². The van der Waals surface area contributed by atoms with Gasteiger partial charge in [-0.05, 0) is 57.3 Å². The third kappa shape index (κ3) is 2.69. The van der Waals surface area contributed by atoms with E-state index < -0.39 is 0 Å². The fourth-order valence-corrected chi connectivity index (χ4v) is 4.19. The maximum atomic E-state index is 12.7. The maximum absolute atomic E-state index is 12.7. The van der Waals surface area contributed by atoms with Crippen molar-refractivity contribution in [2.75, 3.05) is 27.2 Å². The molecule has 1 unspecified atom stereocenters. The predicted molar refractivity (Wildman–Crippen MR) is 83.2 cm³/mol. The Morgan fingerprint density at radius 1 is 1.33 bits per heavy atom. The van der Waals surface area contributed by atoms with Gasteiger partial charge in [0.2, 0.25) is 0 Å². The van der Waals surface area contributed by atoms with Gasteiger partial charge in [0.05, 0.1) is 0 Å². The Hall–Kier alpha value is -1.42. The van der Waals surface area contributed by atoms with Crippen LogP contribution in [-0.4, -0.2) is 53.9 Å². The molecule has 4 nitrogen and oxygen atoms in total. The zero-order valence-electron chi connectivity index (χ0n) is 13.2. The molecule has 2 aliphatic rings. The van der Waals surface area contributed by atoms with Gasteiger partial charge < -0.3 is 9.80 Å². The van der Waals surface area contributed by atoms with Crippen LogP contribution in [0.25, 0.3) is 0 Å². The largest absolute Gasteiger partial charge is 0.338 e. The standard InChI is InChI=1S/C17H25N3O/c1-4-15-9-12(7-8-18-15)17(21)20-10-13-5-6-14(11-20)16(13)19(2)3/h7-9,13-14,16H,4-6,10-11H2,1-3H3/t13-,14+,16?. The molecule has 4 heteroatoms. The lowest BCUT2D eigenvalue weighted by Crippen LogP contribution is -2.52. The molecule has 1 aliphatic carbocycles. The minimum Gasteiger partial charge on any atom is -0.338 e. The second-order valence-electron chi connectivity index (χ2n) is 6.65. The molecule has 114 valence electrons. The SMILES string of the molecule is CCc1cc(C(=O)N2C[C@H]3CC[C@@H](C2)C3N(C)C)ccn1. The normalized spacial score (nSPS) is 28.2. The minimum atomic E-state index is 0.182. The van der Waals surface area contributed by atoms with Crippen LogP contribution in [0.1, 0.15) is 35.8 Å². The molecule has 1 aromatic rings. The summed E-state index contributed by atoms with van der Waals surface area (Å²) in [5.41, 5.74) is 1.79. The Labute approximate surface area is 127 Å². The van der Waals surface area contributed by atoms with Crippen LogP contribution in [0.3, 0.4) is 0 Å². The Balaban J connectivity index is 1.75. The summed E-state index contributed by atoms with van der Waals surface area (Å²) < 4.78 is 0. The van der Waals surface area contributed by atoms with Crippen LogP contribution in [0, 0.1) is 11.8 Å². The lowest BCUT2D eigenvalue weighted by molar-refractivity contribution is 0.0487. The van der Waals surface area contributed by atoms with E-state index in [-0.39, 0.29) is 5.91 Å². The number of hydrogen-bond acceptors (Lipinski definition) is 3. The first-order chi connectivity index (χ1) is 10.1. The Morgan fingerprint density at radius 2 is 2.00 bits per heavy atom. The molecule has 3 atom stereocenters. The van der Waals surface area contributed by atoms with E-state index in [0.29, 0.717) is 17.9 Å². The highest BCUT2D eigenvalue weighted by Crippen LogP contribution is 2.39. The Bertz CT molecular complexity index is 515. The van der Waals surface area contributed by atoms with Gasteiger partial charge in [-0.1, -0.05) is 6.92 Å². The zero-order chi connectivity index (χ0) is 15.0. The van der Waals surface area contributed by atoms with E-state index >= 15 is 0 Å². The van der Waals surface area contributed by atoms with Gasteiger partial charge in [0.15, 0.2) is 0 Å². The quantitative estimate of drug-likeness (QED) is 0.854. The maximum Gasteiger partial charge on any atom is 0.253 e. The zero-order valence-corrected chi connectivity index (χ0v) is 13.2. The molecule has 2 heterocycles. The molecule has 0 radical (unpaired) electrons. The van der Waals surface area contributed by atoms with E-state index in [1.165, 1.54) is 12.8 Å². The molecule has 0 spiro atoms. The van der Waals surface area contributed by atoms with Crippen LogP contribution >= 0.6 is 0 Å². The van der Waals surface area contributed by atoms with Gasteiger partial charge in [0.25, 0.3) is 5.91 Å². The van der Waals surface area contributed by atoms with E-state index in [1.54, 1.807) is 6.20 Å². The molecule has 2 bridgehead atoms. The van der Waals surface area contributed by atoms with Gasteiger partial charge in [-0.2, -0.15) is 0 Å². The fraction of sp³-hybridized carbons (Fsp3) is 0.647. The van der Waals surface area contributed by atoms with Gasteiger partial charge in [0.1, 0.15) is 0 Å². The van der Waals surface area contributed by atoms with Gasteiger partial charge in [0, 0.05) is 36.6 Å². The molecule has 1 saturated carbocycles. The summed E-state index contributed by atoms with van der Waals surface area (Å²) in [5.74, 6) is 1.45. The average molecular weight is 287 g/mol. The second-order valence-corrected chi connectivity index (χ2v) is 6.65. The number of likely N-dealkylation sites (tertiary alicyclic amines) is 1. The van der Waals surface area contributed by atoms with Crippen molar-refractivity contribution >= 4 is 5.91 Å². The Kier molecular flexibility index (Phi) is 3.98. The van der Waals surface area contributed by atoms with E-state index in [1.807, 2.05) is 12.1 Å². The number of aryl methyl sites for hydroxylation is 1. The van der Waals surface area contributed by atoms with Crippen LogP contribution in [0.15, 0.2) is 18.3 Å². The first kappa shape index (κ1) is 14.5. The summed E-state index contributed by atoms with van der Waals surface area (Å²) in [6.07, 6.45) is 5.14. The summed E-state index contributed by atoms with van der Waals surface area (Å²) in [6, 6.07) is 4.45. The lowest BCUT2D eigenvalue weighted by Gasteiger charge is -2.41. The molecule has 21 heavy (non-hydrogen) atoms. The van der Waals surface area contributed by atoms with Gasteiger partial charge in [-0.3, -0.25) is 9.78 Å². The number of carbonyl (C=O) groups is 1. The average Bonchev–Trinajstić information content (AvgIpc) is 2.77. The molecule has 1 saturated heterocycles. The molecule has 3 rings (SSSR count). The van der Waals surface area contributed by atoms with E-state index in [2.05, 4.69) is 35.8 Å². The minimum absolute atomic E-state index is 0.182. The number of carbonyl (C=O) groups excluding carboxylic acids is 1. The number of piperidine rings is 1. The number of amides is 1. The number of hydrogen-bond donors (Lipinski definition) is 0. The van der Waals surface area contributed by atoms with E-state index in [0.717, 1.165) is 30.8 Å². The third-order valence-electron chi connectivity index (χ3n) is 5.09. The third-order valence-corrected chi connectivity index (χ3v) is 5.09. The monoisotopic (exact) mass is 287 g/mol. The van der Waals surface area contributed by atoms with E-state index in [4.69, 9.17) is 0 Å². The summed E-state index contributed by atoms with van der Waals surface area (Å²) >= 11 is 0. The summed E-state index contributed by atoms with van der Waals surface area (Å²) in [6.45, 7) is 3.88. The van der Waals surface area contributed by atoms with Crippen molar-refractivity contribution in [1.29, 1.82) is 0 Å². The van der Waals surface area contributed by atoms with Crippen molar-refractivity contribution in [2.45, 2.75) is 32.2 Å². The molecule has 1 amide bonds. The van der Waals surface area contributed by atoms with Crippen LogP contribution in [0.5, 0.6) is 0 Å². The highest BCUT2D eigenvalue weighted by molar-refractivity contribution is 5.94. The molecule has 1 aliphatic heterocycles. The van der Waals surface area contributed by atoms with Crippen molar-refractivity contribution < 1.29 is 4.79 Å². The van der Waals surface area contributed by atoms with Gasteiger partial charge >= 0.3 is 0 Å². The Morgan fingerprint density at radius 3 is 2.57 bits per heavy atom. The highest BCUT2D eigenvalue weighted by Gasteiger charge is 2.44. The van der Waals surface area contributed by atoms with Gasteiger partial charge in [-0.15, -0.1) is 0 Å². The molecule has 0 N–H and O–H groups in total. The molecule has 2 fully saturated rings. The first-order valence-corrected chi connectivity index (χ1v) is 8.00. The van der Waals surface area contributed by atoms with Crippen molar-refractivity contribution in [3.05, 3.63) is 29.6 Å². The number of nitrogens with zero attached hydrogens (tertiary/aromatic N) is 3. The van der Waals surface area contributed by atoms with Gasteiger partial charge in [-0.25, -0.2) is 0 Å². The highest BCUT2D eigenvalue weighted by atomic mass is 16.2. The predicted octanol–water partition coefficient (Wildman–Crippen LogP) is 2.06. The smallest absolute Gasteiger partial charge is 0.253 e. The summed E-state index contributed by atoms with van der Waals surface area (Å²) in [4.78, 5) is 21.5. The van der Waals surface area contributed by atoms with Crippen LogP contribution in [-0.2, 0) is 6.42 Å². The molecular weight excluding hydrogens is 262 g/mol. The van der Waals surface area contributed by atoms with Crippen LogP contribution in [0.2, 0.25) is 0 Å². The van der Waals surface area contributed by atoms with Crippen molar-refractivity contribution in [2.24, 2.45) is 11.8 Å². The van der Waals surface area contributed by atoms with Crippen LogP contribution < -0.4 is 0 Å². The molecular formula is C17H25N3O. The first-order valence-electron chi connectivity index (χ1n) is 8.00. The number of fused-ring (bicyclic) bond motifs is 2. The topological polar surface area (TPSA) is 36.4 Å². The number of pyridine rings is 1. The summed E-state index contributed by atoms with van der Waals surface area (Å²) in [5, 5.41) is 0. The molecule has 1 aromatic heterocycles. The number of rotatable bonds is 3. The van der Waals surface area contributed by atoms with Crippen LogP contribution in [0.4, 0.5) is 0 Å².